The molecule has 0 unspecified atom stereocenters. The zero-order valence-corrected chi connectivity index (χ0v) is 34.8. The normalized spacial score (nSPS) is 10.7. The molecule has 2 rings (SSSR count). The van der Waals surface area contributed by atoms with Crippen molar-refractivity contribution in [3.63, 3.8) is 0 Å². The highest BCUT2D eigenvalue weighted by atomic mass is 127. The third-order valence-electron chi connectivity index (χ3n) is 6.48. The Bertz CT molecular complexity index is 1480. The number of hydrogen-bond acceptors (Lipinski definition) is 12. The molecule has 0 bridgehead atoms. The molecule has 0 radical (unpaired) electrons. The van der Waals surface area contributed by atoms with E-state index in [1.807, 2.05) is 0 Å². The highest BCUT2D eigenvalue weighted by molar-refractivity contribution is 14.1. The van der Waals surface area contributed by atoms with Crippen molar-refractivity contribution >= 4 is 137 Å². The van der Waals surface area contributed by atoms with E-state index in [-0.39, 0.29) is 62.0 Å². The van der Waals surface area contributed by atoms with Gasteiger partial charge < -0.3 is 41.7 Å². The van der Waals surface area contributed by atoms with Gasteiger partial charge in [-0.2, -0.15) is 10.1 Å². The van der Waals surface area contributed by atoms with Gasteiger partial charge in [0.25, 0.3) is 23.6 Å². The molecule has 2 aromatic rings. The summed E-state index contributed by atoms with van der Waals surface area (Å²) < 4.78 is -0.615. The standard InChI is InChI=1S/C28H32I4N6O12/c1-11(43)37(49)23-19(29)15(25(45)33-3-7-39)13(16(20(23)30)26(46)34-4-8-40)14-17(27(47)35-5-9-41)21(31)24(38(50)12(2)44)22(32)18(14)28(48)36-6-10-42/h39-42,49-50H,3-10H2,1-2H3,(H,33,45)(H,34,46)(H,35,47)(H,36,48). The van der Waals surface area contributed by atoms with Gasteiger partial charge in [-0.3, -0.25) is 39.2 Å². The minimum absolute atomic E-state index is 0.154. The summed E-state index contributed by atoms with van der Waals surface area (Å²) in [7, 11) is 0. The van der Waals surface area contributed by atoms with Crippen LogP contribution in [0.15, 0.2) is 0 Å². The lowest BCUT2D eigenvalue weighted by molar-refractivity contribution is -0.122. The Morgan fingerprint density at radius 2 is 0.680 bits per heavy atom. The number of nitrogens with zero attached hydrogens (tertiary/aromatic N) is 2. The van der Waals surface area contributed by atoms with E-state index in [1.54, 1.807) is 90.4 Å². The van der Waals surface area contributed by atoms with Crippen LogP contribution < -0.4 is 31.4 Å². The SMILES string of the molecule is CC(=O)N(O)c1c(I)c(C(=O)NCCO)c(-c2c(C(=O)NCCO)c(I)c(N(O)C(C)=O)c(I)c2C(=O)NCCO)c(C(=O)NCCO)c1I. The van der Waals surface area contributed by atoms with Gasteiger partial charge >= 0.3 is 0 Å². The highest BCUT2D eigenvalue weighted by Gasteiger charge is 2.39. The predicted molar refractivity (Wildman–Crippen MR) is 210 cm³/mol. The van der Waals surface area contributed by atoms with Crippen LogP contribution in [0.1, 0.15) is 55.3 Å². The summed E-state index contributed by atoms with van der Waals surface area (Å²) in [4.78, 5) is 81.1. The van der Waals surface area contributed by atoms with Crippen LogP contribution in [0, 0.1) is 14.3 Å². The summed E-state index contributed by atoms with van der Waals surface area (Å²) in [6.07, 6.45) is 0. The first-order valence-electron chi connectivity index (χ1n) is 14.2. The molecular formula is C28H32I4N6O12. The molecule has 0 aliphatic heterocycles. The van der Waals surface area contributed by atoms with E-state index in [0.717, 1.165) is 13.8 Å². The number of anilines is 2. The molecule has 0 saturated heterocycles. The molecule has 0 aliphatic rings. The van der Waals surface area contributed by atoms with Crippen molar-refractivity contribution in [2.24, 2.45) is 0 Å². The first-order valence-corrected chi connectivity index (χ1v) is 18.5. The predicted octanol–water partition coefficient (Wildman–Crippen LogP) is 0.145. The molecule has 50 heavy (non-hydrogen) atoms. The van der Waals surface area contributed by atoms with Gasteiger partial charge in [-0.1, -0.05) is 0 Å². The number of hydroxylamine groups is 2. The smallest absolute Gasteiger partial charge is 0.253 e. The second-order valence-electron chi connectivity index (χ2n) is 9.78. The van der Waals surface area contributed by atoms with Gasteiger partial charge in [-0.05, 0) is 90.4 Å². The van der Waals surface area contributed by atoms with E-state index in [9.17, 15) is 59.6 Å². The number of carbonyl (C=O) groups excluding carboxylic acids is 6. The lowest BCUT2D eigenvalue weighted by Gasteiger charge is -2.29. The van der Waals surface area contributed by atoms with E-state index in [1.165, 1.54) is 0 Å². The van der Waals surface area contributed by atoms with Gasteiger partial charge in [0.15, 0.2) is 0 Å². The second-order valence-corrected chi connectivity index (χ2v) is 14.1. The molecule has 0 aliphatic carbocycles. The number of carbonyl (C=O) groups is 6. The van der Waals surface area contributed by atoms with Gasteiger partial charge in [-0.25, -0.2) is 0 Å². The highest BCUT2D eigenvalue weighted by Crippen LogP contribution is 2.47. The van der Waals surface area contributed by atoms with Crippen LogP contribution in [0.2, 0.25) is 0 Å². The summed E-state index contributed by atoms with van der Waals surface area (Å²) in [5.41, 5.74) is -3.28. The first-order chi connectivity index (χ1) is 23.5. The molecule has 0 spiro atoms. The molecular weight excluding hydrogens is 1120 g/mol. The number of aliphatic hydroxyl groups is 4. The van der Waals surface area contributed by atoms with Crippen LogP contribution in [-0.2, 0) is 9.59 Å². The zero-order chi connectivity index (χ0) is 38.0. The Morgan fingerprint density at radius 3 is 0.840 bits per heavy atom. The minimum Gasteiger partial charge on any atom is -0.395 e. The van der Waals surface area contributed by atoms with Crippen LogP contribution in [-0.4, -0.2) is 119 Å². The number of benzene rings is 2. The monoisotopic (exact) mass is 1150 g/mol. The van der Waals surface area contributed by atoms with Crippen molar-refractivity contribution in [3.05, 3.63) is 36.5 Å². The number of hydrogen-bond donors (Lipinski definition) is 10. The van der Waals surface area contributed by atoms with E-state index in [4.69, 9.17) is 0 Å². The van der Waals surface area contributed by atoms with Crippen LogP contribution >= 0.6 is 90.4 Å². The zero-order valence-electron chi connectivity index (χ0n) is 26.2. The van der Waals surface area contributed by atoms with Gasteiger partial charge in [0.05, 0.1) is 63.0 Å². The minimum atomic E-state index is -0.991. The fourth-order valence-electron chi connectivity index (χ4n) is 4.43. The molecule has 2 aromatic carbocycles. The fourth-order valence-corrected chi connectivity index (χ4v) is 9.51. The summed E-state index contributed by atoms with van der Waals surface area (Å²) in [5, 5.41) is 70.0. The Balaban J connectivity index is 3.61. The average Bonchev–Trinajstić information content (AvgIpc) is 3.06. The Labute approximate surface area is 339 Å². The molecule has 22 heteroatoms. The summed E-state index contributed by atoms with van der Waals surface area (Å²) in [6, 6.07) is 0. The molecule has 6 amide bonds. The maximum absolute atomic E-state index is 14.1. The largest absolute Gasteiger partial charge is 0.395 e. The average molecular weight is 1150 g/mol. The maximum Gasteiger partial charge on any atom is 0.253 e. The third-order valence-corrected chi connectivity index (χ3v) is 10.7. The molecule has 0 saturated carbocycles. The lowest BCUT2D eigenvalue weighted by atomic mass is 9.85. The van der Waals surface area contributed by atoms with Crippen molar-refractivity contribution < 1.29 is 59.6 Å². The van der Waals surface area contributed by atoms with Crippen molar-refractivity contribution in [2.75, 3.05) is 62.7 Å². The molecule has 18 nitrogen and oxygen atoms in total. The number of rotatable bonds is 15. The van der Waals surface area contributed by atoms with E-state index >= 15 is 0 Å². The molecule has 0 heterocycles. The van der Waals surface area contributed by atoms with Gasteiger partial charge in [0, 0.05) is 51.2 Å². The topological polar surface area (TPSA) is 278 Å². The maximum atomic E-state index is 14.1. The molecule has 0 fully saturated rings. The summed E-state index contributed by atoms with van der Waals surface area (Å²) >= 11 is 6.53. The van der Waals surface area contributed by atoms with Crippen molar-refractivity contribution in [3.8, 4) is 11.1 Å². The number of nitrogens with one attached hydrogen (secondary N) is 4. The van der Waals surface area contributed by atoms with Crippen molar-refractivity contribution in [1.29, 1.82) is 0 Å². The number of halogens is 4. The van der Waals surface area contributed by atoms with Crippen LogP contribution in [0.3, 0.4) is 0 Å². The van der Waals surface area contributed by atoms with Crippen LogP contribution in [0.4, 0.5) is 11.4 Å². The Kier molecular flexibility index (Phi) is 17.9. The number of amides is 6. The quantitative estimate of drug-likeness (QED) is 0.0649. The van der Waals surface area contributed by atoms with Crippen LogP contribution in [0.5, 0.6) is 0 Å². The molecule has 0 aromatic heterocycles. The molecule has 10 N–H and O–H groups in total. The molecule has 274 valence electrons. The Morgan fingerprint density at radius 1 is 0.480 bits per heavy atom. The summed E-state index contributed by atoms with van der Waals surface area (Å²) in [6.45, 7) is -1.43. The summed E-state index contributed by atoms with van der Waals surface area (Å²) in [5.74, 6) is -5.82. The van der Waals surface area contributed by atoms with E-state index < -0.39 is 95.3 Å². The van der Waals surface area contributed by atoms with E-state index in [2.05, 4.69) is 21.3 Å². The third kappa shape index (κ3) is 9.67. The molecule has 0 atom stereocenters. The van der Waals surface area contributed by atoms with E-state index in [0.29, 0.717) is 0 Å². The van der Waals surface area contributed by atoms with Crippen molar-refractivity contribution in [1.82, 2.24) is 21.3 Å². The Hall–Kier alpha value is -2.06. The van der Waals surface area contributed by atoms with Crippen molar-refractivity contribution in [2.45, 2.75) is 13.8 Å². The van der Waals surface area contributed by atoms with Gasteiger partial charge in [0.1, 0.15) is 11.4 Å². The van der Waals surface area contributed by atoms with Gasteiger partial charge in [0.2, 0.25) is 11.8 Å². The fraction of sp³-hybridized carbons (Fsp3) is 0.357. The van der Waals surface area contributed by atoms with Gasteiger partial charge in [-0.15, -0.1) is 0 Å². The number of aliphatic hydroxyl groups excluding tert-OH is 4. The van der Waals surface area contributed by atoms with Crippen LogP contribution in [0.25, 0.3) is 11.1 Å². The second kappa shape index (κ2) is 20.3. The first kappa shape index (κ1) is 44.1. The lowest BCUT2D eigenvalue weighted by Crippen LogP contribution is -2.36.